The van der Waals surface area contributed by atoms with Gasteiger partial charge in [-0.1, -0.05) is 58.8 Å². The topological polar surface area (TPSA) is 20.2 Å². The Kier molecular flexibility index (Phi) is 9.37. The average molecular weight is 204 g/mol. The maximum absolute atomic E-state index is 12.3. The Morgan fingerprint density at radius 1 is 1.00 bits per heavy atom. The summed E-state index contributed by atoms with van der Waals surface area (Å²) in [4.78, 5) is 0. The van der Waals surface area contributed by atoms with Gasteiger partial charge >= 0.3 is 0 Å². The van der Waals surface area contributed by atoms with Crippen molar-refractivity contribution in [1.29, 1.82) is 0 Å². The number of hydrogen-bond donors (Lipinski definition) is 1. The standard InChI is InChI=1S/C12H25FO/c1-3-4-5-6-7-8-9-10-11(2)12(13)14/h11-12,14H,3-10H2,1-2H3. The molecule has 0 aliphatic carbocycles. The average Bonchev–Trinajstić information content (AvgIpc) is 2.16. The molecular weight excluding hydrogens is 179 g/mol. The number of hydrogen-bond acceptors (Lipinski definition) is 1. The lowest BCUT2D eigenvalue weighted by atomic mass is 10.0. The lowest BCUT2D eigenvalue weighted by Gasteiger charge is -2.10. The summed E-state index contributed by atoms with van der Waals surface area (Å²) in [6.45, 7) is 3.98. The minimum absolute atomic E-state index is 0.189. The van der Waals surface area contributed by atoms with Crippen LogP contribution in [0.5, 0.6) is 0 Å². The lowest BCUT2D eigenvalue weighted by molar-refractivity contribution is -0.00847. The van der Waals surface area contributed by atoms with E-state index in [4.69, 9.17) is 5.11 Å². The summed E-state index contributed by atoms with van der Waals surface area (Å²) in [7, 11) is 0. The quantitative estimate of drug-likeness (QED) is 0.562. The first-order valence-corrected chi connectivity index (χ1v) is 6.00. The summed E-state index contributed by atoms with van der Waals surface area (Å²) in [5.74, 6) is -0.189. The fourth-order valence-electron chi connectivity index (χ4n) is 1.56. The molecule has 0 spiro atoms. The Bertz CT molecular complexity index is 115. The summed E-state index contributed by atoms with van der Waals surface area (Å²) in [5.41, 5.74) is 0. The number of aliphatic hydroxyl groups excluding tert-OH is 1. The normalized spacial score (nSPS) is 15.4. The predicted octanol–water partition coefficient (Wildman–Crippen LogP) is 4.05. The molecule has 0 radical (unpaired) electrons. The van der Waals surface area contributed by atoms with Crippen molar-refractivity contribution in [2.75, 3.05) is 0 Å². The van der Waals surface area contributed by atoms with E-state index in [1.807, 2.05) is 0 Å². The summed E-state index contributed by atoms with van der Waals surface area (Å²) >= 11 is 0. The molecule has 0 saturated heterocycles. The molecule has 0 aromatic carbocycles. The van der Waals surface area contributed by atoms with Gasteiger partial charge in [-0.2, -0.15) is 0 Å². The zero-order valence-corrected chi connectivity index (χ0v) is 9.64. The van der Waals surface area contributed by atoms with Crippen molar-refractivity contribution in [3.05, 3.63) is 0 Å². The molecule has 0 aliphatic heterocycles. The summed E-state index contributed by atoms with van der Waals surface area (Å²) < 4.78 is 12.3. The number of alkyl halides is 1. The number of unbranched alkanes of at least 4 members (excludes halogenated alkanes) is 6. The fraction of sp³-hybridized carbons (Fsp3) is 1.00. The first kappa shape index (κ1) is 13.9. The fourth-order valence-corrected chi connectivity index (χ4v) is 1.56. The minimum Gasteiger partial charge on any atom is -0.364 e. The van der Waals surface area contributed by atoms with E-state index in [0.717, 1.165) is 12.8 Å². The Morgan fingerprint density at radius 2 is 1.50 bits per heavy atom. The van der Waals surface area contributed by atoms with Crippen molar-refractivity contribution in [1.82, 2.24) is 0 Å². The highest BCUT2D eigenvalue weighted by Crippen LogP contribution is 2.15. The Morgan fingerprint density at radius 3 is 2.00 bits per heavy atom. The van der Waals surface area contributed by atoms with Crippen LogP contribution in [0, 0.1) is 5.92 Å². The third kappa shape index (κ3) is 8.49. The predicted molar refractivity (Wildman–Crippen MR) is 58.9 cm³/mol. The van der Waals surface area contributed by atoms with Gasteiger partial charge in [0.25, 0.3) is 0 Å². The van der Waals surface area contributed by atoms with Gasteiger partial charge in [-0.05, 0) is 6.42 Å². The number of rotatable bonds is 9. The largest absolute Gasteiger partial charge is 0.364 e. The number of aliphatic hydroxyl groups is 1. The SMILES string of the molecule is CCCCCCCCCC(C)C(O)F. The molecule has 0 aromatic heterocycles. The molecule has 2 heteroatoms. The molecule has 1 N–H and O–H groups in total. The van der Waals surface area contributed by atoms with Gasteiger partial charge in [0.1, 0.15) is 0 Å². The van der Waals surface area contributed by atoms with Crippen LogP contribution in [-0.4, -0.2) is 11.5 Å². The second-order valence-corrected chi connectivity index (χ2v) is 4.26. The minimum atomic E-state index is -1.63. The smallest absolute Gasteiger partial charge is 0.198 e. The van der Waals surface area contributed by atoms with Crippen LogP contribution in [0.2, 0.25) is 0 Å². The third-order valence-electron chi connectivity index (χ3n) is 2.73. The van der Waals surface area contributed by atoms with E-state index in [9.17, 15) is 4.39 Å². The Labute approximate surface area is 87.7 Å². The molecule has 0 rings (SSSR count). The maximum Gasteiger partial charge on any atom is 0.198 e. The van der Waals surface area contributed by atoms with E-state index < -0.39 is 6.36 Å². The molecule has 0 fully saturated rings. The van der Waals surface area contributed by atoms with Gasteiger partial charge in [0.15, 0.2) is 6.36 Å². The highest BCUT2D eigenvalue weighted by atomic mass is 19.1. The summed E-state index contributed by atoms with van der Waals surface area (Å²) in [6.07, 6.45) is 7.92. The van der Waals surface area contributed by atoms with Crippen molar-refractivity contribution in [3.63, 3.8) is 0 Å². The van der Waals surface area contributed by atoms with Gasteiger partial charge in [0, 0.05) is 5.92 Å². The van der Waals surface area contributed by atoms with Crippen molar-refractivity contribution >= 4 is 0 Å². The molecule has 0 saturated carbocycles. The molecule has 0 bridgehead atoms. The molecule has 0 amide bonds. The van der Waals surface area contributed by atoms with Gasteiger partial charge in [-0.25, -0.2) is 4.39 Å². The van der Waals surface area contributed by atoms with Crippen LogP contribution in [0.1, 0.15) is 65.2 Å². The number of halogens is 1. The zero-order valence-electron chi connectivity index (χ0n) is 9.64. The second kappa shape index (κ2) is 9.45. The molecule has 2 unspecified atom stereocenters. The van der Waals surface area contributed by atoms with Crippen LogP contribution in [0.15, 0.2) is 0 Å². The Balaban J connectivity index is 3.06. The van der Waals surface area contributed by atoms with E-state index >= 15 is 0 Å². The van der Waals surface area contributed by atoms with Gasteiger partial charge in [0.05, 0.1) is 0 Å². The van der Waals surface area contributed by atoms with E-state index in [1.54, 1.807) is 6.92 Å². The van der Waals surface area contributed by atoms with E-state index in [1.165, 1.54) is 38.5 Å². The van der Waals surface area contributed by atoms with E-state index in [-0.39, 0.29) is 5.92 Å². The highest BCUT2D eigenvalue weighted by Gasteiger charge is 2.10. The van der Waals surface area contributed by atoms with Crippen molar-refractivity contribution < 1.29 is 9.50 Å². The van der Waals surface area contributed by atoms with Gasteiger partial charge in [0.2, 0.25) is 0 Å². The first-order chi connectivity index (χ1) is 6.68. The van der Waals surface area contributed by atoms with Crippen LogP contribution >= 0.6 is 0 Å². The van der Waals surface area contributed by atoms with Crippen molar-refractivity contribution in [2.45, 2.75) is 71.6 Å². The van der Waals surface area contributed by atoms with Crippen molar-refractivity contribution in [2.24, 2.45) is 5.92 Å². The van der Waals surface area contributed by atoms with Crippen LogP contribution < -0.4 is 0 Å². The van der Waals surface area contributed by atoms with E-state index in [0.29, 0.717) is 0 Å². The molecular formula is C12H25FO. The maximum atomic E-state index is 12.3. The molecule has 1 nitrogen and oxygen atoms in total. The molecule has 0 heterocycles. The van der Waals surface area contributed by atoms with E-state index in [2.05, 4.69) is 6.92 Å². The molecule has 86 valence electrons. The van der Waals surface area contributed by atoms with Crippen LogP contribution in [0.4, 0.5) is 4.39 Å². The third-order valence-corrected chi connectivity index (χ3v) is 2.73. The van der Waals surface area contributed by atoms with Gasteiger partial charge in [-0.3, -0.25) is 0 Å². The summed E-state index contributed by atoms with van der Waals surface area (Å²) in [6, 6.07) is 0. The summed E-state index contributed by atoms with van der Waals surface area (Å²) in [5, 5.41) is 8.63. The molecule has 2 atom stereocenters. The van der Waals surface area contributed by atoms with Crippen LogP contribution in [-0.2, 0) is 0 Å². The van der Waals surface area contributed by atoms with Gasteiger partial charge < -0.3 is 5.11 Å². The van der Waals surface area contributed by atoms with Crippen LogP contribution in [0.3, 0.4) is 0 Å². The monoisotopic (exact) mass is 204 g/mol. The zero-order chi connectivity index (χ0) is 10.8. The lowest BCUT2D eigenvalue weighted by Crippen LogP contribution is -2.10. The molecule has 14 heavy (non-hydrogen) atoms. The molecule has 0 aromatic rings. The van der Waals surface area contributed by atoms with Crippen molar-refractivity contribution in [3.8, 4) is 0 Å². The highest BCUT2D eigenvalue weighted by molar-refractivity contribution is 4.55. The van der Waals surface area contributed by atoms with Gasteiger partial charge in [-0.15, -0.1) is 0 Å². The first-order valence-electron chi connectivity index (χ1n) is 6.00. The second-order valence-electron chi connectivity index (χ2n) is 4.26. The van der Waals surface area contributed by atoms with Crippen LogP contribution in [0.25, 0.3) is 0 Å². The molecule has 0 aliphatic rings. The Hall–Kier alpha value is -0.110.